The second-order valence-corrected chi connectivity index (χ2v) is 3.56. The molecule has 0 aromatic rings. The highest BCUT2D eigenvalue weighted by atomic mass is 16.6. The molecule has 2 amide bonds. The van der Waals surface area contributed by atoms with Crippen LogP contribution in [-0.2, 0) is 9.47 Å². The maximum absolute atomic E-state index is 10.7. The van der Waals surface area contributed by atoms with Gasteiger partial charge in [-0.2, -0.15) is 0 Å². The van der Waals surface area contributed by atoms with E-state index >= 15 is 0 Å². The number of carbonyl (C=O) groups is 2. The lowest BCUT2D eigenvalue weighted by atomic mass is 9.96. The topological polar surface area (TPSA) is 105 Å². The Morgan fingerprint density at radius 1 is 1.19 bits per heavy atom. The molecular weight excluding hydrogens is 212 g/mol. The van der Waals surface area contributed by atoms with Gasteiger partial charge < -0.3 is 20.9 Å². The minimum absolute atomic E-state index is 0.0602. The minimum Gasteiger partial charge on any atom is -0.449 e. The molecule has 16 heavy (non-hydrogen) atoms. The lowest BCUT2D eigenvalue weighted by molar-refractivity contribution is 0.0321. The molecule has 0 saturated carbocycles. The summed E-state index contributed by atoms with van der Waals surface area (Å²) >= 11 is 0. The van der Waals surface area contributed by atoms with Crippen LogP contribution in [0.15, 0.2) is 0 Å². The molecule has 2 atom stereocenters. The number of ether oxygens (including phenoxy) is 2. The zero-order valence-electron chi connectivity index (χ0n) is 9.77. The molecule has 0 rings (SSSR count). The van der Waals surface area contributed by atoms with Crippen molar-refractivity contribution in [3.63, 3.8) is 0 Å². The average Bonchev–Trinajstić information content (AvgIpc) is 2.20. The molecule has 0 radical (unpaired) electrons. The van der Waals surface area contributed by atoms with E-state index in [4.69, 9.17) is 20.9 Å². The molecule has 0 aliphatic heterocycles. The Kier molecular flexibility index (Phi) is 7.07. The summed E-state index contributed by atoms with van der Waals surface area (Å²) in [6.45, 7) is 4.02. The molecule has 0 aromatic carbocycles. The van der Waals surface area contributed by atoms with E-state index in [2.05, 4.69) is 0 Å². The first-order valence-corrected chi connectivity index (χ1v) is 5.39. The third-order valence-corrected chi connectivity index (χ3v) is 2.29. The van der Waals surface area contributed by atoms with E-state index in [1.54, 1.807) is 0 Å². The van der Waals surface area contributed by atoms with E-state index in [1.807, 2.05) is 13.8 Å². The molecule has 94 valence electrons. The van der Waals surface area contributed by atoms with Crippen molar-refractivity contribution in [2.24, 2.45) is 17.4 Å². The number of carbonyl (C=O) groups excluding carboxylic acids is 2. The fourth-order valence-electron chi connectivity index (χ4n) is 1.60. The summed E-state index contributed by atoms with van der Waals surface area (Å²) in [6, 6.07) is 0. The van der Waals surface area contributed by atoms with Crippen LogP contribution in [-0.4, -0.2) is 24.9 Å². The van der Waals surface area contributed by atoms with Crippen LogP contribution in [0, 0.1) is 5.92 Å². The zero-order chi connectivity index (χ0) is 12.6. The van der Waals surface area contributed by atoms with Gasteiger partial charge in [0.25, 0.3) is 0 Å². The summed E-state index contributed by atoms with van der Waals surface area (Å²) in [5, 5.41) is 0. The molecular formula is C10H20N2O4. The Morgan fingerprint density at radius 3 is 2.19 bits per heavy atom. The number of primary amides is 2. The summed E-state index contributed by atoms with van der Waals surface area (Å²) in [7, 11) is 0. The molecule has 0 fully saturated rings. The fourth-order valence-corrected chi connectivity index (χ4v) is 1.60. The molecule has 0 aromatic heterocycles. The number of nitrogens with two attached hydrogens (primary N) is 2. The summed E-state index contributed by atoms with van der Waals surface area (Å²) in [5.41, 5.74) is 9.85. The van der Waals surface area contributed by atoms with Crippen molar-refractivity contribution < 1.29 is 19.1 Å². The van der Waals surface area contributed by atoms with Crippen LogP contribution in [0.4, 0.5) is 9.59 Å². The van der Waals surface area contributed by atoms with Crippen LogP contribution < -0.4 is 11.5 Å². The highest BCUT2D eigenvalue weighted by Crippen LogP contribution is 2.18. The number of rotatable bonds is 7. The largest absolute Gasteiger partial charge is 0.449 e. The zero-order valence-corrected chi connectivity index (χ0v) is 9.77. The van der Waals surface area contributed by atoms with Crippen molar-refractivity contribution in [1.82, 2.24) is 0 Å². The first-order chi connectivity index (χ1) is 7.51. The lowest BCUT2D eigenvalue weighted by Gasteiger charge is -2.24. The molecule has 2 unspecified atom stereocenters. The molecule has 6 nitrogen and oxygen atoms in total. The van der Waals surface area contributed by atoms with Crippen LogP contribution in [0.3, 0.4) is 0 Å². The summed E-state index contributed by atoms with van der Waals surface area (Å²) in [6.07, 6.45) is 0.319. The molecule has 6 heteroatoms. The third kappa shape index (κ3) is 6.10. The maximum Gasteiger partial charge on any atom is 0.404 e. The summed E-state index contributed by atoms with van der Waals surface area (Å²) < 4.78 is 9.68. The predicted octanol–water partition coefficient (Wildman–Crippen LogP) is 1.37. The van der Waals surface area contributed by atoms with E-state index in [-0.39, 0.29) is 18.6 Å². The van der Waals surface area contributed by atoms with Gasteiger partial charge in [0.05, 0.1) is 6.61 Å². The highest BCUT2D eigenvalue weighted by molar-refractivity contribution is 5.65. The van der Waals surface area contributed by atoms with E-state index < -0.39 is 12.2 Å². The van der Waals surface area contributed by atoms with Crippen molar-refractivity contribution in [1.29, 1.82) is 0 Å². The van der Waals surface area contributed by atoms with Gasteiger partial charge in [0.15, 0.2) is 0 Å². The van der Waals surface area contributed by atoms with Gasteiger partial charge in [0.2, 0.25) is 0 Å². The number of hydrogen-bond acceptors (Lipinski definition) is 4. The van der Waals surface area contributed by atoms with Crippen molar-refractivity contribution in [2.75, 3.05) is 6.61 Å². The third-order valence-electron chi connectivity index (χ3n) is 2.29. The Bertz CT molecular complexity index is 233. The van der Waals surface area contributed by atoms with Crippen LogP contribution in [0.5, 0.6) is 0 Å². The van der Waals surface area contributed by atoms with Crippen LogP contribution in [0.1, 0.15) is 33.1 Å². The number of hydrogen-bond donors (Lipinski definition) is 2. The Balaban J connectivity index is 4.32. The first-order valence-electron chi connectivity index (χ1n) is 5.39. The molecule has 0 aliphatic rings. The molecule has 0 bridgehead atoms. The number of amides is 2. The highest BCUT2D eigenvalue weighted by Gasteiger charge is 2.23. The van der Waals surface area contributed by atoms with E-state index in [1.165, 1.54) is 0 Å². The second-order valence-electron chi connectivity index (χ2n) is 3.56. The standard InChI is InChI=1S/C10H20N2O4/c1-3-5-7(6-15-9(11)13)8(4-2)16-10(12)14/h7-8H,3-6H2,1-2H3,(H2,11,13)(H2,12,14). The van der Waals surface area contributed by atoms with Gasteiger partial charge in [-0.25, -0.2) is 9.59 Å². The Hall–Kier alpha value is -1.46. The van der Waals surface area contributed by atoms with Crippen molar-refractivity contribution in [3.05, 3.63) is 0 Å². The van der Waals surface area contributed by atoms with Gasteiger partial charge in [-0.05, 0) is 12.8 Å². The minimum atomic E-state index is -0.824. The van der Waals surface area contributed by atoms with Gasteiger partial charge in [0.1, 0.15) is 6.10 Å². The SMILES string of the molecule is CCCC(COC(N)=O)C(CC)OC(N)=O. The van der Waals surface area contributed by atoms with Gasteiger partial charge in [-0.1, -0.05) is 20.3 Å². The van der Waals surface area contributed by atoms with Crippen LogP contribution in [0.2, 0.25) is 0 Å². The van der Waals surface area contributed by atoms with Crippen molar-refractivity contribution in [2.45, 2.75) is 39.2 Å². The molecule has 0 saturated heterocycles. The van der Waals surface area contributed by atoms with Crippen molar-refractivity contribution >= 4 is 12.2 Å². The molecule has 0 spiro atoms. The van der Waals surface area contributed by atoms with Crippen LogP contribution >= 0.6 is 0 Å². The summed E-state index contributed by atoms with van der Waals surface area (Å²) in [4.78, 5) is 21.2. The van der Waals surface area contributed by atoms with Crippen LogP contribution in [0.25, 0.3) is 0 Å². The Morgan fingerprint density at radius 2 is 1.81 bits per heavy atom. The maximum atomic E-state index is 10.7. The monoisotopic (exact) mass is 232 g/mol. The first kappa shape index (κ1) is 14.5. The van der Waals surface area contributed by atoms with Crippen molar-refractivity contribution in [3.8, 4) is 0 Å². The van der Waals surface area contributed by atoms with Gasteiger partial charge in [-0.15, -0.1) is 0 Å². The summed E-state index contributed by atoms with van der Waals surface area (Å²) in [5.74, 6) is -0.0602. The molecule has 4 N–H and O–H groups in total. The van der Waals surface area contributed by atoms with E-state index in [0.29, 0.717) is 6.42 Å². The molecule has 0 heterocycles. The Labute approximate surface area is 95.3 Å². The van der Waals surface area contributed by atoms with Gasteiger partial charge in [-0.3, -0.25) is 0 Å². The van der Waals surface area contributed by atoms with E-state index in [0.717, 1.165) is 12.8 Å². The van der Waals surface area contributed by atoms with E-state index in [9.17, 15) is 9.59 Å². The fraction of sp³-hybridized carbons (Fsp3) is 0.800. The van der Waals surface area contributed by atoms with Gasteiger partial charge >= 0.3 is 12.2 Å². The smallest absolute Gasteiger partial charge is 0.404 e. The molecule has 0 aliphatic carbocycles. The van der Waals surface area contributed by atoms with Gasteiger partial charge in [0, 0.05) is 5.92 Å². The average molecular weight is 232 g/mol. The second kappa shape index (κ2) is 7.78. The normalized spacial score (nSPS) is 13.9. The predicted molar refractivity (Wildman–Crippen MR) is 58.7 cm³/mol. The quantitative estimate of drug-likeness (QED) is 0.691. The lowest BCUT2D eigenvalue weighted by Crippen LogP contribution is -2.33.